The second-order valence-electron chi connectivity index (χ2n) is 5.57. The Morgan fingerprint density at radius 3 is 2.43 bits per heavy atom. The fourth-order valence-corrected chi connectivity index (χ4v) is 3.15. The predicted octanol–water partition coefficient (Wildman–Crippen LogP) is 5.60. The lowest BCUT2D eigenvalue weighted by atomic mass is 9.85. The lowest BCUT2D eigenvalue weighted by Crippen LogP contribution is -2.30. The van der Waals surface area contributed by atoms with Crippen LogP contribution >= 0.6 is 12.1 Å². The molecule has 1 heterocycles. The van der Waals surface area contributed by atoms with E-state index in [0.29, 0.717) is 23.0 Å². The zero-order valence-electron chi connectivity index (χ0n) is 13.4. The fourth-order valence-electron chi connectivity index (χ4n) is 2.84. The summed E-state index contributed by atoms with van der Waals surface area (Å²) in [4.78, 5) is 2.99. The zero-order chi connectivity index (χ0) is 16.7. The first-order valence-electron chi connectivity index (χ1n) is 7.58. The van der Waals surface area contributed by atoms with Crippen LogP contribution in [-0.2, 0) is 6.54 Å². The minimum Gasteiger partial charge on any atom is -0.301 e. The molecule has 2 aromatic carbocycles. The van der Waals surface area contributed by atoms with Gasteiger partial charge in [-0.3, -0.25) is 0 Å². The van der Waals surface area contributed by atoms with Crippen LogP contribution < -0.4 is 0 Å². The van der Waals surface area contributed by atoms with Gasteiger partial charge in [-0.25, -0.2) is 0 Å². The first-order valence-corrected chi connectivity index (χ1v) is 8.29. The smallest absolute Gasteiger partial charge is 0.0812 e. The van der Waals surface area contributed by atoms with E-state index in [1.54, 1.807) is 12.2 Å². The molecule has 0 saturated carbocycles. The molecule has 1 unspecified atom stereocenters. The molecule has 0 saturated heterocycles. The van der Waals surface area contributed by atoms with Crippen LogP contribution in [-0.4, -0.2) is 18.5 Å². The van der Waals surface area contributed by atoms with Crippen LogP contribution in [0.25, 0.3) is 0 Å². The molecule has 0 amide bonds. The van der Waals surface area contributed by atoms with Gasteiger partial charge in [0.15, 0.2) is 0 Å². The summed E-state index contributed by atoms with van der Waals surface area (Å²) in [6, 6.07) is 16.5. The number of hydrogen-bond acceptors (Lipinski definition) is 2. The molecule has 1 atom stereocenters. The second kappa shape index (κ2) is 8.70. The Morgan fingerprint density at radius 1 is 1.13 bits per heavy atom. The van der Waals surface area contributed by atoms with Crippen molar-refractivity contribution >= 4 is 12.1 Å². The van der Waals surface area contributed by atoms with Gasteiger partial charge in [0.25, 0.3) is 0 Å². The number of halogens is 1. The van der Waals surface area contributed by atoms with Gasteiger partial charge in [-0.15, -0.1) is 0 Å². The van der Waals surface area contributed by atoms with Crippen molar-refractivity contribution in [2.75, 3.05) is 13.6 Å². The number of benzene rings is 2. The maximum Gasteiger partial charge on any atom is 0.0812 e. The van der Waals surface area contributed by atoms with Gasteiger partial charge in [-0.1, -0.05) is 61.7 Å². The highest BCUT2D eigenvalue weighted by atomic mass is 32.2. The molecule has 1 aliphatic rings. The number of allylic oxidation sites excluding steroid dienone is 2. The van der Waals surface area contributed by atoms with Gasteiger partial charge < -0.3 is 4.90 Å². The predicted molar refractivity (Wildman–Crippen MR) is 98.4 cm³/mol. The molecule has 0 N–H and O–H groups in total. The van der Waals surface area contributed by atoms with E-state index in [-0.39, 0.29) is 0 Å². The number of rotatable bonds is 3. The number of hydrogen-bond donors (Lipinski definition) is 0. The summed E-state index contributed by atoms with van der Waals surface area (Å²) in [5.74, 6) is 0.383. The van der Waals surface area contributed by atoms with E-state index < -0.39 is 0 Å². The number of likely N-dealkylation sites (N-methyl/N-ethyl adjacent to an activating group) is 1. The van der Waals surface area contributed by atoms with E-state index in [0.717, 1.165) is 13.1 Å². The van der Waals surface area contributed by atoms with Gasteiger partial charge in [-0.05, 0) is 35.9 Å². The first-order chi connectivity index (χ1) is 11.2. The highest BCUT2D eigenvalue weighted by Gasteiger charge is 2.24. The SMILES string of the molecule is C=CC=C.CN1Cc2cc(SF)ccc2C(c2ccccc2)C1. The van der Waals surface area contributed by atoms with Crippen molar-refractivity contribution in [3.8, 4) is 0 Å². The minimum absolute atomic E-state index is 0.321. The largest absolute Gasteiger partial charge is 0.301 e. The third kappa shape index (κ3) is 4.57. The molecule has 0 aromatic heterocycles. The third-order valence-corrected chi connectivity index (χ3v) is 4.31. The molecule has 2 aromatic rings. The minimum atomic E-state index is 0.321. The molecule has 120 valence electrons. The summed E-state index contributed by atoms with van der Waals surface area (Å²) < 4.78 is 12.7. The summed E-state index contributed by atoms with van der Waals surface area (Å²) in [7, 11) is 2.12. The van der Waals surface area contributed by atoms with E-state index in [1.165, 1.54) is 16.7 Å². The summed E-state index contributed by atoms with van der Waals surface area (Å²) in [6.45, 7) is 8.63. The van der Waals surface area contributed by atoms with Crippen molar-refractivity contribution in [1.82, 2.24) is 4.90 Å². The Labute approximate surface area is 142 Å². The average molecular weight is 327 g/mol. The van der Waals surface area contributed by atoms with Crippen LogP contribution in [0.2, 0.25) is 0 Å². The van der Waals surface area contributed by atoms with Crippen LogP contribution in [0.1, 0.15) is 22.6 Å². The highest BCUT2D eigenvalue weighted by Crippen LogP contribution is 2.35. The van der Waals surface area contributed by atoms with Crippen molar-refractivity contribution < 1.29 is 3.89 Å². The second-order valence-corrected chi connectivity index (χ2v) is 6.19. The Morgan fingerprint density at radius 2 is 1.83 bits per heavy atom. The maximum absolute atomic E-state index is 12.7. The van der Waals surface area contributed by atoms with Gasteiger partial charge in [0.2, 0.25) is 0 Å². The van der Waals surface area contributed by atoms with Crippen molar-refractivity contribution in [1.29, 1.82) is 0 Å². The third-order valence-electron chi connectivity index (χ3n) is 3.88. The van der Waals surface area contributed by atoms with Crippen LogP contribution in [0, 0.1) is 0 Å². The van der Waals surface area contributed by atoms with Crippen LogP contribution in [0.3, 0.4) is 0 Å². The fraction of sp³-hybridized carbons (Fsp3) is 0.200. The molecule has 23 heavy (non-hydrogen) atoms. The monoisotopic (exact) mass is 327 g/mol. The van der Waals surface area contributed by atoms with E-state index in [2.05, 4.69) is 55.4 Å². The van der Waals surface area contributed by atoms with E-state index in [1.807, 2.05) is 18.2 Å². The molecule has 0 aliphatic carbocycles. The zero-order valence-corrected chi connectivity index (χ0v) is 14.2. The highest BCUT2D eigenvalue weighted by molar-refractivity contribution is 7.94. The van der Waals surface area contributed by atoms with Gasteiger partial charge in [-0.2, -0.15) is 3.89 Å². The van der Waals surface area contributed by atoms with E-state index >= 15 is 0 Å². The first kappa shape index (κ1) is 17.5. The van der Waals surface area contributed by atoms with Crippen molar-refractivity contribution in [2.24, 2.45) is 0 Å². The van der Waals surface area contributed by atoms with Crippen LogP contribution in [0.15, 0.2) is 78.7 Å². The summed E-state index contributed by atoms with van der Waals surface area (Å²) in [5.41, 5.74) is 3.91. The molecule has 0 fully saturated rings. The molecule has 3 rings (SSSR count). The van der Waals surface area contributed by atoms with Gasteiger partial charge >= 0.3 is 0 Å². The van der Waals surface area contributed by atoms with Gasteiger partial charge in [0, 0.05) is 23.9 Å². The molecule has 1 aliphatic heterocycles. The number of nitrogens with zero attached hydrogens (tertiary/aromatic N) is 1. The lowest BCUT2D eigenvalue weighted by Gasteiger charge is -2.32. The lowest BCUT2D eigenvalue weighted by molar-refractivity contribution is 0.295. The van der Waals surface area contributed by atoms with Crippen molar-refractivity contribution in [3.05, 3.63) is 90.5 Å². The molecule has 0 radical (unpaired) electrons. The van der Waals surface area contributed by atoms with E-state index in [4.69, 9.17) is 0 Å². The normalized spacial score (nSPS) is 16.7. The van der Waals surface area contributed by atoms with Crippen LogP contribution in [0.5, 0.6) is 0 Å². The molecule has 0 spiro atoms. The topological polar surface area (TPSA) is 3.24 Å². The number of fused-ring (bicyclic) bond motifs is 1. The van der Waals surface area contributed by atoms with E-state index in [9.17, 15) is 3.89 Å². The summed E-state index contributed by atoms with van der Waals surface area (Å²) in [5, 5.41) is 0. The Hall–Kier alpha value is -1.84. The van der Waals surface area contributed by atoms with Gasteiger partial charge in [0.05, 0.1) is 12.1 Å². The van der Waals surface area contributed by atoms with Crippen LogP contribution in [0.4, 0.5) is 3.89 Å². The Bertz CT molecular complexity index is 648. The molecule has 0 bridgehead atoms. The van der Waals surface area contributed by atoms with Crippen molar-refractivity contribution in [3.63, 3.8) is 0 Å². The molecule has 3 heteroatoms. The quantitative estimate of drug-likeness (QED) is 0.675. The molecular weight excluding hydrogens is 305 g/mol. The average Bonchev–Trinajstić information content (AvgIpc) is 2.61. The Balaban J connectivity index is 0.000000433. The summed E-state index contributed by atoms with van der Waals surface area (Å²) in [6.07, 6.45) is 3.28. The maximum atomic E-state index is 12.7. The standard InChI is InChI=1S/C16H16FNS.C4H6/c1-18-10-13-9-14(19-17)7-8-15(13)16(11-18)12-5-3-2-4-6-12;1-3-4-2/h2-9,16H,10-11H2,1H3;3-4H,1-2H2. The summed E-state index contributed by atoms with van der Waals surface area (Å²) >= 11 is 0.321. The molecular formula is C20H22FNS. The molecule has 1 nitrogen and oxygen atoms in total. The Kier molecular flexibility index (Phi) is 6.63. The van der Waals surface area contributed by atoms with Crippen molar-refractivity contribution in [2.45, 2.75) is 17.4 Å². The van der Waals surface area contributed by atoms with Gasteiger partial charge in [0.1, 0.15) is 0 Å².